The van der Waals surface area contributed by atoms with E-state index in [0.29, 0.717) is 17.7 Å². The van der Waals surface area contributed by atoms with Crippen molar-refractivity contribution in [1.82, 2.24) is 19.8 Å². The zero-order valence-electron chi connectivity index (χ0n) is 17.0. The first-order chi connectivity index (χ1) is 15.7. The molecule has 4 aromatic rings. The lowest BCUT2D eigenvalue weighted by Crippen LogP contribution is -2.31. The fourth-order valence-electron chi connectivity index (χ4n) is 3.78. The number of para-hydroxylation sites is 3. The predicted octanol–water partition coefficient (Wildman–Crippen LogP) is 4.36. The van der Waals surface area contributed by atoms with E-state index in [1.165, 1.54) is 5.01 Å². The van der Waals surface area contributed by atoms with Crippen molar-refractivity contribution in [3.63, 3.8) is 0 Å². The summed E-state index contributed by atoms with van der Waals surface area (Å²) in [6, 6.07) is 19.1. The topological polar surface area (TPSA) is 95.6 Å². The van der Waals surface area contributed by atoms with Crippen LogP contribution in [0.25, 0.3) is 5.69 Å². The molecule has 0 spiro atoms. The molecule has 2 aromatic carbocycles. The number of nitrogens with zero attached hydrogens (tertiary/aromatic N) is 5. The Kier molecular flexibility index (Phi) is 5.09. The summed E-state index contributed by atoms with van der Waals surface area (Å²) < 4.78 is 1.68. The summed E-state index contributed by atoms with van der Waals surface area (Å²) in [6.45, 7) is 0. The summed E-state index contributed by atoms with van der Waals surface area (Å²) in [7, 11) is 0. The first kappa shape index (κ1) is 19.5. The number of carbonyl (C=O) groups excluding carboxylic acids is 1. The van der Waals surface area contributed by atoms with Gasteiger partial charge in [0.1, 0.15) is 5.75 Å². The second-order valence-electron chi connectivity index (χ2n) is 7.31. The number of nitrogens with one attached hydrogen (secondary N) is 1. The van der Waals surface area contributed by atoms with Crippen molar-refractivity contribution in [3.05, 3.63) is 103 Å². The molecule has 1 aliphatic heterocycles. The first-order valence-corrected chi connectivity index (χ1v) is 10.2. The molecule has 0 aliphatic carbocycles. The van der Waals surface area contributed by atoms with Gasteiger partial charge in [0.15, 0.2) is 0 Å². The van der Waals surface area contributed by atoms with Crippen LogP contribution in [0.3, 0.4) is 0 Å². The van der Waals surface area contributed by atoms with Gasteiger partial charge in [-0.25, -0.2) is 14.5 Å². The average Bonchev–Trinajstić information content (AvgIpc) is 3.51. The van der Waals surface area contributed by atoms with Crippen LogP contribution in [0.1, 0.15) is 23.6 Å². The Labute approximate surface area is 184 Å². The SMILES string of the molecule is O=C(Nc1ccccc1-n1cccn1)N1N=C(c2cccnc2)CC1c1ccccc1O. The van der Waals surface area contributed by atoms with Gasteiger partial charge in [0.25, 0.3) is 0 Å². The van der Waals surface area contributed by atoms with Gasteiger partial charge in [-0.3, -0.25) is 4.98 Å². The van der Waals surface area contributed by atoms with Crippen LogP contribution < -0.4 is 5.32 Å². The van der Waals surface area contributed by atoms with Crippen molar-refractivity contribution in [2.24, 2.45) is 5.10 Å². The molecule has 1 aliphatic rings. The average molecular weight is 424 g/mol. The van der Waals surface area contributed by atoms with Crippen LogP contribution in [0, 0.1) is 0 Å². The van der Waals surface area contributed by atoms with Gasteiger partial charge in [-0.1, -0.05) is 36.4 Å². The minimum Gasteiger partial charge on any atom is -0.508 e. The predicted molar refractivity (Wildman–Crippen MR) is 121 cm³/mol. The molecule has 2 amide bonds. The largest absolute Gasteiger partial charge is 0.508 e. The maximum absolute atomic E-state index is 13.4. The minimum atomic E-state index is -0.455. The summed E-state index contributed by atoms with van der Waals surface area (Å²) >= 11 is 0. The van der Waals surface area contributed by atoms with Crippen molar-refractivity contribution >= 4 is 17.4 Å². The van der Waals surface area contributed by atoms with Gasteiger partial charge in [0, 0.05) is 42.3 Å². The molecule has 0 bridgehead atoms. The maximum atomic E-state index is 13.4. The lowest BCUT2D eigenvalue weighted by atomic mass is 9.98. The molecule has 158 valence electrons. The third-order valence-corrected chi connectivity index (χ3v) is 5.31. The third kappa shape index (κ3) is 3.69. The van der Waals surface area contributed by atoms with Gasteiger partial charge in [-0.2, -0.15) is 10.2 Å². The number of phenols is 1. The molecule has 5 rings (SSSR count). The van der Waals surface area contributed by atoms with Crippen LogP contribution in [0.4, 0.5) is 10.5 Å². The normalized spacial score (nSPS) is 15.4. The third-order valence-electron chi connectivity index (χ3n) is 5.31. The number of aromatic nitrogens is 3. The van der Waals surface area contributed by atoms with Gasteiger partial charge in [-0.15, -0.1) is 0 Å². The van der Waals surface area contributed by atoms with Crippen molar-refractivity contribution < 1.29 is 9.90 Å². The van der Waals surface area contributed by atoms with Gasteiger partial charge in [-0.05, 0) is 30.3 Å². The van der Waals surface area contributed by atoms with Gasteiger partial charge >= 0.3 is 6.03 Å². The number of anilines is 1. The molecule has 32 heavy (non-hydrogen) atoms. The van der Waals surface area contributed by atoms with E-state index < -0.39 is 12.1 Å². The number of hydrazone groups is 1. The number of rotatable bonds is 4. The Morgan fingerprint density at radius 3 is 2.62 bits per heavy atom. The highest BCUT2D eigenvalue weighted by Gasteiger charge is 2.35. The van der Waals surface area contributed by atoms with Crippen LogP contribution in [-0.2, 0) is 0 Å². The Morgan fingerprint density at radius 2 is 1.84 bits per heavy atom. The van der Waals surface area contributed by atoms with Crippen molar-refractivity contribution in [1.29, 1.82) is 0 Å². The molecular formula is C24H20N6O2. The van der Waals surface area contributed by atoms with Crippen molar-refractivity contribution in [2.45, 2.75) is 12.5 Å². The van der Waals surface area contributed by atoms with Gasteiger partial charge < -0.3 is 10.4 Å². The van der Waals surface area contributed by atoms with E-state index in [-0.39, 0.29) is 5.75 Å². The molecule has 0 saturated carbocycles. The number of carbonyl (C=O) groups is 1. The van der Waals surface area contributed by atoms with E-state index in [4.69, 9.17) is 0 Å². The van der Waals surface area contributed by atoms with Crippen LogP contribution in [0.15, 0.2) is 96.6 Å². The number of aromatic hydroxyl groups is 1. The number of amides is 2. The fraction of sp³-hybridized carbons (Fsp3) is 0.0833. The molecule has 0 radical (unpaired) electrons. The number of benzene rings is 2. The molecule has 3 heterocycles. The van der Waals surface area contributed by atoms with Crippen molar-refractivity contribution in [3.8, 4) is 11.4 Å². The van der Waals surface area contributed by atoms with Crippen LogP contribution >= 0.6 is 0 Å². The second-order valence-corrected chi connectivity index (χ2v) is 7.31. The number of hydrogen-bond donors (Lipinski definition) is 2. The molecule has 0 fully saturated rings. The van der Waals surface area contributed by atoms with E-state index in [0.717, 1.165) is 17.0 Å². The highest BCUT2D eigenvalue weighted by molar-refractivity contribution is 6.04. The molecule has 2 N–H and O–H groups in total. The van der Waals surface area contributed by atoms with E-state index in [1.54, 1.807) is 41.5 Å². The Balaban J connectivity index is 1.50. The molecule has 8 heteroatoms. The highest BCUT2D eigenvalue weighted by atomic mass is 16.3. The monoisotopic (exact) mass is 424 g/mol. The Hall–Kier alpha value is -4.46. The second kappa shape index (κ2) is 8.35. The Morgan fingerprint density at radius 1 is 1.00 bits per heavy atom. The van der Waals surface area contributed by atoms with Crippen molar-refractivity contribution in [2.75, 3.05) is 5.32 Å². The molecular weight excluding hydrogens is 404 g/mol. The summed E-state index contributed by atoms with van der Waals surface area (Å²) in [6.07, 6.45) is 7.35. The number of hydrogen-bond acceptors (Lipinski definition) is 5. The molecule has 1 atom stereocenters. The van der Waals surface area contributed by atoms with E-state index in [2.05, 4.69) is 20.5 Å². The smallest absolute Gasteiger partial charge is 0.342 e. The summed E-state index contributed by atoms with van der Waals surface area (Å²) in [5, 5.41) is 23.7. The first-order valence-electron chi connectivity index (χ1n) is 10.2. The van der Waals surface area contributed by atoms with Crippen LogP contribution in [-0.4, -0.2) is 36.6 Å². The zero-order valence-corrected chi connectivity index (χ0v) is 17.0. The lowest BCUT2D eigenvalue weighted by Gasteiger charge is -2.23. The van der Waals surface area contributed by atoms with Crippen LogP contribution in [0.2, 0.25) is 0 Å². The fourth-order valence-corrected chi connectivity index (χ4v) is 3.78. The molecule has 8 nitrogen and oxygen atoms in total. The maximum Gasteiger partial charge on any atom is 0.342 e. The van der Waals surface area contributed by atoms with E-state index in [1.807, 2.05) is 54.7 Å². The van der Waals surface area contributed by atoms with E-state index >= 15 is 0 Å². The lowest BCUT2D eigenvalue weighted by molar-refractivity contribution is 0.199. The highest BCUT2D eigenvalue weighted by Crippen LogP contribution is 2.37. The zero-order chi connectivity index (χ0) is 21.9. The molecule has 2 aromatic heterocycles. The standard InChI is InChI=1S/C24H20N6O2/c31-23-11-4-1-8-18(23)22-15-20(17-7-5-12-25-16-17)28-30(22)24(32)27-19-9-2-3-10-21(19)29-14-6-13-26-29/h1-14,16,22,31H,15H2,(H,27,32). The summed E-state index contributed by atoms with van der Waals surface area (Å²) in [4.78, 5) is 17.6. The summed E-state index contributed by atoms with van der Waals surface area (Å²) in [5.74, 6) is 0.120. The molecule has 0 saturated heterocycles. The number of phenolic OH excluding ortho intramolecular Hbond substituents is 1. The van der Waals surface area contributed by atoms with Crippen LogP contribution in [0.5, 0.6) is 5.75 Å². The van der Waals surface area contributed by atoms with E-state index in [9.17, 15) is 9.90 Å². The van der Waals surface area contributed by atoms with Gasteiger partial charge in [0.05, 0.1) is 23.1 Å². The summed E-state index contributed by atoms with van der Waals surface area (Å²) in [5.41, 5.74) is 3.52. The molecule has 1 unspecified atom stereocenters. The Bertz CT molecular complexity index is 1270. The number of pyridine rings is 1. The quantitative estimate of drug-likeness (QED) is 0.509. The van der Waals surface area contributed by atoms with Gasteiger partial charge in [0.2, 0.25) is 0 Å². The minimum absolute atomic E-state index is 0.120. The number of urea groups is 1.